The highest BCUT2D eigenvalue weighted by Crippen LogP contribution is 2.36. The molecule has 0 spiro atoms. The maximum absolute atomic E-state index is 14.0. The fraction of sp³-hybridized carbons (Fsp3) is 0.300. The average molecular weight is 428 g/mol. The molecule has 2 aromatic heterocycles. The number of hydrogen-bond acceptors (Lipinski definition) is 2. The molecule has 0 atom stereocenters. The number of amides is 1. The van der Waals surface area contributed by atoms with E-state index in [4.69, 9.17) is 11.6 Å². The van der Waals surface area contributed by atoms with E-state index >= 15 is 0 Å². The van der Waals surface area contributed by atoms with Crippen molar-refractivity contribution in [1.29, 1.82) is 0 Å². The summed E-state index contributed by atoms with van der Waals surface area (Å²) in [6.07, 6.45) is -2.52. The molecule has 0 aliphatic heterocycles. The lowest BCUT2D eigenvalue weighted by Gasteiger charge is -2.26. The molecule has 0 aliphatic rings. The third-order valence-corrected chi connectivity index (χ3v) is 4.79. The summed E-state index contributed by atoms with van der Waals surface area (Å²) >= 11 is 6.07. The van der Waals surface area contributed by atoms with Crippen LogP contribution in [0.15, 0.2) is 36.7 Å². The van der Waals surface area contributed by atoms with E-state index in [0.29, 0.717) is 6.54 Å². The summed E-state index contributed by atoms with van der Waals surface area (Å²) in [5.74, 6) is -2.19. The van der Waals surface area contributed by atoms with E-state index in [0.717, 1.165) is 28.9 Å². The topological polar surface area (TPSA) is 37.6 Å². The van der Waals surface area contributed by atoms with Crippen molar-refractivity contribution in [1.82, 2.24) is 14.3 Å². The Hall–Kier alpha value is -2.61. The minimum absolute atomic E-state index is 0.0231. The summed E-state index contributed by atoms with van der Waals surface area (Å²) in [6, 6.07) is 4.89. The number of rotatable bonds is 4. The zero-order valence-electron chi connectivity index (χ0n) is 15.9. The van der Waals surface area contributed by atoms with Gasteiger partial charge in [0, 0.05) is 24.3 Å². The highest BCUT2D eigenvalue weighted by molar-refractivity contribution is 6.31. The molecule has 0 unspecified atom stereocenters. The molecule has 29 heavy (non-hydrogen) atoms. The predicted octanol–water partition coefficient (Wildman–Crippen LogP) is 5.68. The van der Waals surface area contributed by atoms with E-state index in [9.17, 15) is 22.4 Å². The predicted molar refractivity (Wildman–Crippen MR) is 102 cm³/mol. The Morgan fingerprint density at radius 3 is 2.52 bits per heavy atom. The van der Waals surface area contributed by atoms with Crippen molar-refractivity contribution in [3.63, 3.8) is 0 Å². The number of nitrogens with zero attached hydrogens (tertiary/aromatic N) is 3. The molecule has 0 aliphatic carbocycles. The van der Waals surface area contributed by atoms with Crippen LogP contribution >= 0.6 is 11.6 Å². The largest absolute Gasteiger partial charge is 0.450 e. The number of pyridine rings is 1. The second-order valence-corrected chi connectivity index (χ2v) is 7.22. The number of halogens is 5. The molecule has 3 aromatic rings. The number of carbonyl (C=O) groups is 1. The van der Waals surface area contributed by atoms with Crippen molar-refractivity contribution < 1.29 is 22.4 Å². The van der Waals surface area contributed by atoms with Gasteiger partial charge in [-0.2, -0.15) is 13.2 Å². The first-order chi connectivity index (χ1) is 13.5. The molecule has 1 amide bonds. The van der Waals surface area contributed by atoms with Crippen LogP contribution in [0.4, 0.5) is 17.6 Å². The summed E-state index contributed by atoms with van der Waals surface area (Å²) in [6.45, 7) is 5.83. The molecule has 4 nitrogen and oxygen atoms in total. The maximum atomic E-state index is 14.0. The first-order valence-electron chi connectivity index (χ1n) is 8.89. The molecular formula is C20H18ClF4N3O. The van der Waals surface area contributed by atoms with Crippen molar-refractivity contribution in [2.75, 3.05) is 6.54 Å². The van der Waals surface area contributed by atoms with Gasteiger partial charge >= 0.3 is 6.18 Å². The lowest BCUT2D eigenvalue weighted by molar-refractivity contribution is -0.145. The summed E-state index contributed by atoms with van der Waals surface area (Å²) < 4.78 is 54.7. The Morgan fingerprint density at radius 2 is 1.93 bits per heavy atom. The van der Waals surface area contributed by atoms with E-state index in [1.165, 1.54) is 17.0 Å². The lowest BCUT2D eigenvalue weighted by Crippen LogP contribution is -2.37. The van der Waals surface area contributed by atoms with Crippen LogP contribution in [0.3, 0.4) is 0 Å². The van der Waals surface area contributed by atoms with Crippen molar-refractivity contribution in [2.45, 2.75) is 33.0 Å². The Bertz CT molecular complexity index is 1080. The smallest absolute Gasteiger partial charge is 0.336 e. The van der Waals surface area contributed by atoms with Gasteiger partial charge in [-0.25, -0.2) is 9.37 Å². The molecule has 0 radical (unpaired) electrons. The van der Waals surface area contributed by atoms with Gasteiger partial charge in [-0.3, -0.25) is 9.20 Å². The van der Waals surface area contributed by atoms with Crippen molar-refractivity contribution in [3.8, 4) is 11.1 Å². The highest BCUT2D eigenvalue weighted by atomic mass is 35.5. The van der Waals surface area contributed by atoms with E-state index in [-0.39, 0.29) is 33.3 Å². The Labute approximate surface area is 169 Å². The van der Waals surface area contributed by atoms with Crippen LogP contribution in [0.1, 0.15) is 37.0 Å². The molecule has 0 saturated carbocycles. The van der Waals surface area contributed by atoms with Crippen LogP contribution in [0.25, 0.3) is 16.6 Å². The van der Waals surface area contributed by atoms with Crippen LogP contribution in [-0.4, -0.2) is 32.8 Å². The second-order valence-electron chi connectivity index (χ2n) is 6.78. The van der Waals surface area contributed by atoms with Gasteiger partial charge in [0.25, 0.3) is 5.91 Å². The third-order valence-electron chi connectivity index (χ3n) is 4.59. The first kappa shape index (κ1) is 21.1. The van der Waals surface area contributed by atoms with Gasteiger partial charge in [0.05, 0.1) is 22.3 Å². The summed E-state index contributed by atoms with van der Waals surface area (Å²) in [7, 11) is 0. The van der Waals surface area contributed by atoms with Gasteiger partial charge in [0.1, 0.15) is 5.82 Å². The van der Waals surface area contributed by atoms with Gasteiger partial charge in [0.15, 0.2) is 0 Å². The molecular weight excluding hydrogens is 410 g/mol. The number of alkyl halides is 3. The van der Waals surface area contributed by atoms with Gasteiger partial charge in [-0.15, -0.1) is 0 Å². The van der Waals surface area contributed by atoms with E-state index in [2.05, 4.69) is 4.98 Å². The summed E-state index contributed by atoms with van der Waals surface area (Å²) in [5, 5.41) is 0.0231. The van der Waals surface area contributed by atoms with Gasteiger partial charge in [-0.1, -0.05) is 17.7 Å². The molecule has 2 heterocycles. The summed E-state index contributed by atoms with van der Waals surface area (Å²) in [5.41, 5.74) is 0.676. The van der Waals surface area contributed by atoms with E-state index in [1.807, 2.05) is 13.8 Å². The van der Waals surface area contributed by atoms with Gasteiger partial charge in [0.2, 0.25) is 5.82 Å². The number of imidazole rings is 1. The number of hydrogen-bond donors (Lipinski definition) is 0. The quantitative estimate of drug-likeness (QED) is 0.502. The fourth-order valence-electron chi connectivity index (χ4n) is 3.31. The van der Waals surface area contributed by atoms with Crippen molar-refractivity contribution in [3.05, 3.63) is 58.9 Å². The van der Waals surface area contributed by atoms with Crippen molar-refractivity contribution >= 4 is 23.0 Å². The van der Waals surface area contributed by atoms with Crippen LogP contribution in [0.2, 0.25) is 5.02 Å². The normalized spacial score (nSPS) is 12.0. The van der Waals surface area contributed by atoms with Crippen molar-refractivity contribution in [2.24, 2.45) is 0 Å². The number of carbonyl (C=O) groups excluding carboxylic acids is 1. The Morgan fingerprint density at radius 1 is 1.24 bits per heavy atom. The molecule has 0 saturated heterocycles. The van der Waals surface area contributed by atoms with Crippen LogP contribution < -0.4 is 0 Å². The van der Waals surface area contributed by atoms with Crippen LogP contribution in [-0.2, 0) is 6.18 Å². The Kier molecular flexibility index (Phi) is 5.58. The molecule has 154 valence electrons. The average Bonchev–Trinajstić information content (AvgIpc) is 3.05. The number of aromatic nitrogens is 2. The van der Waals surface area contributed by atoms with E-state index in [1.54, 1.807) is 6.92 Å². The minimum atomic E-state index is -4.69. The lowest BCUT2D eigenvalue weighted by atomic mass is 9.98. The minimum Gasteiger partial charge on any atom is -0.336 e. The molecule has 3 rings (SSSR count). The maximum Gasteiger partial charge on any atom is 0.450 e. The van der Waals surface area contributed by atoms with Crippen LogP contribution in [0.5, 0.6) is 0 Å². The fourth-order valence-corrected chi connectivity index (χ4v) is 3.52. The number of benzene rings is 1. The van der Waals surface area contributed by atoms with E-state index < -0.39 is 23.7 Å². The van der Waals surface area contributed by atoms with Gasteiger partial charge in [-0.05, 0) is 44.5 Å². The number of fused-ring (bicyclic) bond motifs is 1. The molecule has 1 aromatic carbocycles. The van der Waals surface area contributed by atoms with Gasteiger partial charge < -0.3 is 4.90 Å². The highest BCUT2D eigenvalue weighted by Gasteiger charge is 2.36. The standard InChI is InChI=1S/C20H18ClF4N3O/c1-4-27(11(2)3)18(29)16-8-13(22)5-6-14(16)15-7-12(21)10-28-17(15)9-26-19(28)20(23,24)25/h5-11H,4H2,1-3H3. The first-order valence-corrected chi connectivity index (χ1v) is 9.27. The molecule has 0 bridgehead atoms. The Balaban J connectivity index is 2.29. The SMILES string of the molecule is CCN(C(=O)c1cc(F)ccc1-c1cc(Cl)cn2c(C(F)(F)F)ncc12)C(C)C. The summed E-state index contributed by atoms with van der Waals surface area (Å²) in [4.78, 5) is 18.1. The van der Waals surface area contributed by atoms with Crippen LogP contribution in [0, 0.1) is 5.82 Å². The monoisotopic (exact) mass is 427 g/mol. The zero-order valence-corrected chi connectivity index (χ0v) is 16.6. The zero-order chi connectivity index (χ0) is 21.5. The molecule has 0 fully saturated rings. The molecule has 0 N–H and O–H groups in total. The second kappa shape index (κ2) is 7.67. The third kappa shape index (κ3) is 3.94. The molecule has 9 heteroatoms.